The lowest BCUT2D eigenvalue weighted by Crippen LogP contribution is -2.34. The van der Waals surface area contributed by atoms with Gasteiger partial charge in [-0.25, -0.2) is 0 Å². The summed E-state index contributed by atoms with van der Waals surface area (Å²) >= 11 is 0. The van der Waals surface area contributed by atoms with Crippen molar-refractivity contribution in [3.8, 4) is 5.75 Å². The van der Waals surface area contributed by atoms with Gasteiger partial charge in [-0.1, -0.05) is 31.7 Å². The van der Waals surface area contributed by atoms with Gasteiger partial charge in [0, 0.05) is 13.1 Å². The summed E-state index contributed by atoms with van der Waals surface area (Å²) in [7, 11) is 1.63. The topological polar surface area (TPSA) is 55.8 Å². The molecule has 2 aromatic carbocycles. The predicted molar refractivity (Wildman–Crippen MR) is 99.8 cm³/mol. The normalized spacial score (nSPS) is 10.0. The minimum absolute atomic E-state index is 0. The zero-order valence-corrected chi connectivity index (χ0v) is 14.4. The van der Waals surface area contributed by atoms with Crippen LogP contribution in [-0.2, 0) is 20.7 Å². The number of methoxy groups -OCH3 is 1. The first kappa shape index (κ1) is 20.5. The molecule has 0 fully saturated rings. The lowest BCUT2D eigenvalue weighted by molar-refractivity contribution is -0.151. The molecule has 0 bridgehead atoms. The van der Waals surface area contributed by atoms with Crippen molar-refractivity contribution < 1.29 is 19.1 Å². The number of fused-ring (bicyclic) bond motifs is 1. The van der Waals surface area contributed by atoms with Crippen molar-refractivity contribution >= 4 is 22.6 Å². The van der Waals surface area contributed by atoms with Gasteiger partial charge in [0.2, 0.25) is 0 Å². The summed E-state index contributed by atoms with van der Waals surface area (Å²) in [6.45, 7) is 4.81. The van der Waals surface area contributed by atoms with E-state index in [-0.39, 0.29) is 26.4 Å². The van der Waals surface area contributed by atoms with Gasteiger partial charge in [0.1, 0.15) is 5.75 Å². The molecule has 5 nitrogen and oxygen atoms in total. The molecule has 0 spiro atoms. The van der Waals surface area contributed by atoms with Gasteiger partial charge in [0.15, 0.2) is 6.61 Å². The molecule has 0 radical (unpaired) electrons. The second-order valence-electron chi connectivity index (χ2n) is 5.45. The van der Waals surface area contributed by atoms with Gasteiger partial charge < -0.3 is 14.4 Å². The Balaban J connectivity index is 0.00000312. The highest BCUT2D eigenvalue weighted by molar-refractivity contribution is 5.86. The van der Waals surface area contributed by atoms with E-state index in [0.717, 1.165) is 22.1 Å². The Kier molecular flexibility index (Phi) is 7.92. The lowest BCUT2D eigenvalue weighted by atomic mass is 10.0. The van der Waals surface area contributed by atoms with Gasteiger partial charge in [0.05, 0.1) is 13.5 Å². The molecule has 2 rings (SSSR count). The van der Waals surface area contributed by atoms with Crippen LogP contribution in [0.4, 0.5) is 0 Å². The molecule has 0 saturated carbocycles. The molecule has 2 aromatic rings. The van der Waals surface area contributed by atoms with Gasteiger partial charge in [-0.05, 0) is 42.3 Å². The van der Waals surface area contributed by atoms with Crippen LogP contribution in [0.5, 0.6) is 5.75 Å². The third-order valence-corrected chi connectivity index (χ3v) is 3.93. The average Bonchev–Trinajstić information content (AvgIpc) is 2.60. The monoisotopic (exact) mass is 345 g/mol. The highest BCUT2D eigenvalue weighted by atomic mass is 16.5. The molecule has 136 valence electrons. The van der Waals surface area contributed by atoms with Crippen LogP contribution < -0.4 is 4.74 Å². The van der Waals surface area contributed by atoms with E-state index < -0.39 is 5.97 Å². The fourth-order valence-corrected chi connectivity index (χ4v) is 2.54. The summed E-state index contributed by atoms with van der Waals surface area (Å²) in [5, 5.41) is 2.07. The molecule has 25 heavy (non-hydrogen) atoms. The summed E-state index contributed by atoms with van der Waals surface area (Å²) in [6.07, 6.45) is 0.146. The van der Waals surface area contributed by atoms with Crippen LogP contribution in [0.3, 0.4) is 0 Å². The minimum atomic E-state index is -0.400. The zero-order valence-electron chi connectivity index (χ0n) is 14.4. The van der Waals surface area contributed by atoms with Gasteiger partial charge in [-0.15, -0.1) is 0 Å². The van der Waals surface area contributed by atoms with Crippen molar-refractivity contribution in [2.24, 2.45) is 0 Å². The van der Waals surface area contributed by atoms with Crippen molar-refractivity contribution in [1.82, 2.24) is 4.90 Å². The Labute approximate surface area is 149 Å². The van der Waals surface area contributed by atoms with Crippen LogP contribution >= 0.6 is 0 Å². The standard InChI is InChI=1S/C19H23NO4.CH4/c1-4-20(5-2)18(21)13-24-19(22)11-14-6-7-16-12-17(23-3)9-8-15(16)10-14;/h6-10,12H,4-5,11,13H2,1-3H3;1H4. The second kappa shape index (κ2) is 9.67. The van der Waals surface area contributed by atoms with Crippen molar-refractivity contribution in [2.75, 3.05) is 26.8 Å². The number of rotatable bonds is 7. The maximum absolute atomic E-state index is 11.9. The van der Waals surface area contributed by atoms with Crippen LogP contribution in [0, 0.1) is 0 Å². The van der Waals surface area contributed by atoms with Crippen molar-refractivity contribution in [2.45, 2.75) is 27.7 Å². The van der Waals surface area contributed by atoms with E-state index in [9.17, 15) is 9.59 Å². The molecule has 0 aromatic heterocycles. The highest BCUT2D eigenvalue weighted by Gasteiger charge is 2.13. The molecule has 5 heteroatoms. The Morgan fingerprint density at radius 2 is 1.64 bits per heavy atom. The zero-order chi connectivity index (χ0) is 17.5. The molecule has 0 unspecified atom stereocenters. The summed E-state index contributed by atoms with van der Waals surface area (Å²) < 4.78 is 10.3. The van der Waals surface area contributed by atoms with Crippen molar-refractivity contribution in [3.05, 3.63) is 42.0 Å². The van der Waals surface area contributed by atoms with Crippen molar-refractivity contribution in [1.29, 1.82) is 0 Å². The van der Waals surface area contributed by atoms with E-state index in [4.69, 9.17) is 9.47 Å². The third-order valence-electron chi connectivity index (χ3n) is 3.93. The Morgan fingerprint density at radius 1 is 1.00 bits per heavy atom. The molecule has 0 atom stereocenters. The molecule has 1 amide bonds. The van der Waals surface area contributed by atoms with Crippen LogP contribution in [0.25, 0.3) is 10.8 Å². The number of nitrogens with zero attached hydrogens (tertiary/aromatic N) is 1. The van der Waals surface area contributed by atoms with Crippen LogP contribution in [0.1, 0.15) is 26.8 Å². The first-order chi connectivity index (χ1) is 11.6. The van der Waals surface area contributed by atoms with Crippen LogP contribution in [-0.4, -0.2) is 43.6 Å². The molecular weight excluding hydrogens is 318 g/mol. The highest BCUT2D eigenvalue weighted by Crippen LogP contribution is 2.22. The average molecular weight is 345 g/mol. The Morgan fingerprint density at radius 3 is 2.28 bits per heavy atom. The summed E-state index contributed by atoms with van der Waals surface area (Å²) in [5.74, 6) is 0.229. The van der Waals surface area contributed by atoms with Gasteiger partial charge in [-0.3, -0.25) is 9.59 Å². The molecule has 0 heterocycles. The molecule has 0 aliphatic rings. The number of hydrogen-bond acceptors (Lipinski definition) is 4. The first-order valence-electron chi connectivity index (χ1n) is 8.07. The number of carbonyl (C=O) groups is 2. The van der Waals surface area contributed by atoms with Crippen LogP contribution in [0.2, 0.25) is 0 Å². The fraction of sp³-hybridized carbons (Fsp3) is 0.400. The largest absolute Gasteiger partial charge is 0.497 e. The van der Waals surface area contributed by atoms with E-state index in [1.165, 1.54) is 0 Å². The van der Waals surface area contributed by atoms with Crippen molar-refractivity contribution in [3.63, 3.8) is 0 Å². The molecule has 0 aliphatic carbocycles. The summed E-state index contributed by atoms with van der Waals surface area (Å²) in [6, 6.07) is 11.6. The smallest absolute Gasteiger partial charge is 0.310 e. The number of likely N-dealkylation sites (N-methyl/N-ethyl adjacent to an activating group) is 1. The van der Waals surface area contributed by atoms with E-state index >= 15 is 0 Å². The number of esters is 1. The number of amides is 1. The molecular formula is C20H27NO4. The molecule has 0 saturated heterocycles. The van der Waals surface area contributed by atoms with Gasteiger partial charge >= 0.3 is 5.97 Å². The maximum atomic E-state index is 11.9. The van der Waals surface area contributed by atoms with Gasteiger partial charge in [-0.2, -0.15) is 0 Å². The summed E-state index contributed by atoms with van der Waals surface area (Å²) in [5.41, 5.74) is 0.855. The predicted octanol–water partition coefficient (Wildman–Crippen LogP) is 3.44. The lowest BCUT2D eigenvalue weighted by Gasteiger charge is -2.18. The Bertz CT molecular complexity index is 723. The van der Waals surface area contributed by atoms with E-state index in [1.54, 1.807) is 12.0 Å². The number of ether oxygens (including phenoxy) is 2. The number of hydrogen-bond donors (Lipinski definition) is 0. The first-order valence-corrected chi connectivity index (χ1v) is 8.07. The van der Waals surface area contributed by atoms with Gasteiger partial charge in [0.25, 0.3) is 5.91 Å². The second-order valence-corrected chi connectivity index (χ2v) is 5.45. The maximum Gasteiger partial charge on any atom is 0.310 e. The molecule has 0 N–H and O–H groups in total. The Hall–Kier alpha value is -2.56. The molecule has 0 aliphatic heterocycles. The van der Waals surface area contributed by atoms with E-state index in [1.807, 2.05) is 50.2 Å². The summed E-state index contributed by atoms with van der Waals surface area (Å²) in [4.78, 5) is 25.4. The van der Waals surface area contributed by atoms with E-state index in [2.05, 4.69) is 0 Å². The number of carbonyl (C=O) groups excluding carboxylic acids is 2. The fourth-order valence-electron chi connectivity index (χ4n) is 2.54. The van der Waals surface area contributed by atoms with Crippen LogP contribution in [0.15, 0.2) is 36.4 Å². The van der Waals surface area contributed by atoms with E-state index in [0.29, 0.717) is 13.1 Å². The third kappa shape index (κ3) is 5.48. The minimum Gasteiger partial charge on any atom is -0.497 e. The SMILES string of the molecule is C.CCN(CC)C(=O)COC(=O)Cc1ccc2cc(OC)ccc2c1. The quantitative estimate of drug-likeness (QED) is 0.721. The number of benzene rings is 2.